The van der Waals surface area contributed by atoms with Crippen LogP contribution < -0.4 is 15.5 Å². The first-order chi connectivity index (χ1) is 14.8. The van der Waals surface area contributed by atoms with Crippen molar-refractivity contribution in [3.05, 3.63) is 65.0 Å². The molecule has 0 spiro atoms. The SMILES string of the molecule is C(=C1\CNCS1)/c1ccnc(N2CCC[C@H](NCc3ccc4ccccc4n3)C2)n1. The quantitative estimate of drug-likeness (QED) is 0.658. The number of hydrogen-bond acceptors (Lipinski definition) is 7. The Morgan fingerprint density at radius 3 is 3.07 bits per heavy atom. The fourth-order valence-corrected chi connectivity index (χ4v) is 4.80. The highest BCUT2D eigenvalue weighted by atomic mass is 32.2. The van der Waals surface area contributed by atoms with Crippen molar-refractivity contribution in [2.75, 3.05) is 30.4 Å². The summed E-state index contributed by atoms with van der Waals surface area (Å²) >= 11 is 1.84. The van der Waals surface area contributed by atoms with E-state index < -0.39 is 0 Å². The predicted octanol–water partition coefficient (Wildman–Crippen LogP) is 3.42. The molecule has 6 nitrogen and oxygen atoms in total. The molecule has 5 rings (SSSR count). The molecular formula is C23H26N6S. The van der Waals surface area contributed by atoms with Crippen molar-refractivity contribution >= 4 is 34.7 Å². The molecule has 0 saturated carbocycles. The first-order valence-corrected chi connectivity index (χ1v) is 11.5. The zero-order chi connectivity index (χ0) is 20.2. The summed E-state index contributed by atoms with van der Waals surface area (Å²) in [5.74, 6) is 1.81. The summed E-state index contributed by atoms with van der Waals surface area (Å²) in [6.45, 7) is 3.63. The summed E-state index contributed by atoms with van der Waals surface area (Å²) in [6, 6.07) is 14.9. The van der Waals surface area contributed by atoms with Gasteiger partial charge in [-0.05, 0) is 37.1 Å². The number of pyridine rings is 1. The van der Waals surface area contributed by atoms with Crippen molar-refractivity contribution in [2.45, 2.75) is 25.4 Å². The van der Waals surface area contributed by atoms with E-state index in [1.807, 2.05) is 30.1 Å². The van der Waals surface area contributed by atoms with Gasteiger partial charge in [-0.3, -0.25) is 4.98 Å². The van der Waals surface area contributed by atoms with Gasteiger partial charge >= 0.3 is 0 Å². The minimum atomic E-state index is 0.409. The van der Waals surface area contributed by atoms with Crippen LogP contribution in [-0.2, 0) is 6.54 Å². The van der Waals surface area contributed by atoms with E-state index in [0.29, 0.717) is 6.04 Å². The number of thioether (sulfide) groups is 1. The van der Waals surface area contributed by atoms with Gasteiger partial charge in [0, 0.05) is 54.6 Å². The van der Waals surface area contributed by atoms with Crippen LogP contribution in [-0.4, -0.2) is 46.5 Å². The van der Waals surface area contributed by atoms with Crippen molar-refractivity contribution in [3.63, 3.8) is 0 Å². The second kappa shape index (κ2) is 9.12. The molecule has 4 heterocycles. The maximum atomic E-state index is 4.80. The lowest BCUT2D eigenvalue weighted by Crippen LogP contribution is -2.46. The van der Waals surface area contributed by atoms with Gasteiger partial charge < -0.3 is 15.5 Å². The van der Waals surface area contributed by atoms with Crippen LogP contribution in [0.25, 0.3) is 17.0 Å². The van der Waals surface area contributed by atoms with Crippen molar-refractivity contribution < 1.29 is 0 Å². The van der Waals surface area contributed by atoms with E-state index >= 15 is 0 Å². The molecule has 0 radical (unpaired) electrons. The number of hydrogen-bond donors (Lipinski definition) is 2. The molecule has 0 bridgehead atoms. The van der Waals surface area contributed by atoms with E-state index in [1.165, 1.54) is 10.3 Å². The highest BCUT2D eigenvalue weighted by Gasteiger charge is 2.21. The number of anilines is 1. The molecule has 1 aromatic carbocycles. The summed E-state index contributed by atoms with van der Waals surface area (Å²) in [7, 11) is 0. The van der Waals surface area contributed by atoms with Crippen LogP contribution in [0, 0.1) is 0 Å². The van der Waals surface area contributed by atoms with Crippen molar-refractivity contribution in [3.8, 4) is 0 Å². The van der Waals surface area contributed by atoms with Crippen LogP contribution >= 0.6 is 11.8 Å². The second-order valence-corrected chi connectivity index (χ2v) is 8.87. The fourth-order valence-electron chi connectivity index (χ4n) is 4.00. The smallest absolute Gasteiger partial charge is 0.225 e. The standard InChI is InChI=1S/C23H26N6S/c1-2-6-22-17(4-1)7-8-19(27-22)13-26-20-5-3-11-29(15-20)23-25-10-9-18(28-23)12-21-14-24-16-30-21/h1-2,4,6-10,12,20,24,26H,3,5,11,13-16H2/b21-12-/t20-/m0/s1. The third-order valence-electron chi connectivity index (χ3n) is 5.56. The molecule has 0 aliphatic carbocycles. The molecule has 3 aromatic rings. The number of fused-ring (bicyclic) bond motifs is 1. The number of nitrogens with zero attached hydrogens (tertiary/aromatic N) is 4. The van der Waals surface area contributed by atoms with Crippen molar-refractivity contribution in [2.24, 2.45) is 0 Å². The van der Waals surface area contributed by atoms with Crippen LogP contribution in [0.2, 0.25) is 0 Å². The average Bonchev–Trinajstić information content (AvgIpc) is 3.31. The second-order valence-electron chi connectivity index (χ2n) is 7.77. The zero-order valence-corrected chi connectivity index (χ0v) is 17.7. The highest BCUT2D eigenvalue weighted by molar-refractivity contribution is 8.03. The minimum absolute atomic E-state index is 0.409. The Kier molecular flexibility index (Phi) is 5.92. The van der Waals surface area contributed by atoms with E-state index in [1.54, 1.807) is 0 Å². The molecule has 30 heavy (non-hydrogen) atoms. The van der Waals surface area contributed by atoms with Gasteiger partial charge in [-0.15, -0.1) is 11.8 Å². The van der Waals surface area contributed by atoms with Gasteiger partial charge in [0.1, 0.15) is 0 Å². The average molecular weight is 419 g/mol. The van der Waals surface area contributed by atoms with Crippen LogP contribution in [0.15, 0.2) is 53.6 Å². The van der Waals surface area contributed by atoms with E-state index in [2.05, 4.69) is 56.9 Å². The molecule has 2 saturated heterocycles. The molecule has 2 aromatic heterocycles. The summed E-state index contributed by atoms with van der Waals surface area (Å²) in [6.07, 6.45) is 6.34. The van der Waals surface area contributed by atoms with Gasteiger partial charge in [0.15, 0.2) is 0 Å². The maximum Gasteiger partial charge on any atom is 0.225 e. The number of piperidine rings is 1. The van der Waals surface area contributed by atoms with Gasteiger partial charge in [0.2, 0.25) is 5.95 Å². The molecular weight excluding hydrogens is 392 g/mol. The largest absolute Gasteiger partial charge is 0.339 e. The molecule has 1 atom stereocenters. The fraction of sp³-hybridized carbons (Fsp3) is 0.348. The van der Waals surface area contributed by atoms with E-state index in [0.717, 1.165) is 67.8 Å². The molecule has 2 aliphatic heterocycles. The van der Waals surface area contributed by atoms with Gasteiger partial charge in [0.05, 0.1) is 16.9 Å². The summed E-state index contributed by atoms with van der Waals surface area (Å²) < 4.78 is 0. The molecule has 2 fully saturated rings. The van der Waals surface area contributed by atoms with Crippen LogP contribution in [0.4, 0.5) is 5.95 Å². The van der Waals surface area contributed by atoms with Crippen LogP contribution in [0.5, 0.6) is 0 Å². The summed E-state index contributed by atoms with van der Waals surface area (Å²) in [4.78, 5) is 17.8. The molecule has 7 heteroatoms. The number of benzene rings is 1. The predicted molar refractivity (Wildman–Crippen MR) is 124 cm³/mol. The normalized spacial score (nSPS) is 20.9. The Labute approximate surface area is 181 Å². The van der Waals surface area contributed by atoms with Gasteiger partial charge in [0.25, 0.3) is 0 Å². The first-order valence-electron chi connectivity index (χ1n) is 10.5. The number of aromatic nitrogens is 3. The third kappa shape index (κ3) is 4.64. The maximum absolute atomic E-state index is 4.80. The topological polar surface area (TPSA) is 66.0 Å². The number of nitrogens with one attached hydrogen (secondary N) is 2. The lowest BCUT2D eigenvalue weighted by molar-refractivity contribution is 0.416. The molecule has 0 amide bonds. The Morgan fingerprint density at radius 2 is 2.13 bits per heavy atom. The Morgan fingerprint density at radius 1 is 1.17 bits per heavy atom. The Bertz CT molecular complexity index is 1040. The third-order valence-corrected chi connectivity index (χ3v) is 6.55. The van der Waals surface area contributed by atoms with E-state index in [9.17, 15) is 0 Å². The van der Waals surface area contributed by atoms with Gasteiger partial charge in [-0.25, -0.2) is 9.97 Å². The van der Waals surface area contributed by atoms with Crippen LogP contribution in [0.3, 0.4) is 0 Å². The van der Waals surface area contributed by atoms with Crippen molar-refractivity contribution in [1.82, 2.24) is 25.6 Å². The molecule has 154 valence electrons. The van der Waals surface area contributed by atoms with E-state index in [4.69, 9.17) is 9.97 Å². The highest BCUT2D eigenvalue weighted by Crippen LogP contribution is 2.23. The Balaban J connectivity index is 1.23. The zero-order valence-electron chi connectivity index (χ0n) is 16.9. The minimum Gasteiger partial charge on any atom is -0.339 e. The summed E-state index contributed by atoms with van der Waals surface area (Å²) in [5.41, 5.74) is 3.12. The van der Waals surface area contributed by atoms with Gasteiger partial charge in [-0.2, -0.15) is 0 Å². The summed E-state index contributed by atoms with van der Waals surface area (Å²) in [5, 5.41) is 8.22. The number of para-hydroxylation sites is 1. The van der Waals surface area contributed by atoms with Gasteiger partial charge in [-0.1, -0.05) is 24.3 Å². The lowest BCUT2D eigenvalue weighted by atomic mass is 10.1. The van der Waals surface area contributed by atoms with Crippen molar-refractivity contribution in [1.29, 1.82) is 0 Å². The molecule has 2 N–H and O–H groups in total. The monoisotopic (exact) mass is 418 g/mol. The first kappa shape index (κ1) is 19.5. The lowest BCUT2D eigenvalue weighted by Gasteiger charge is -2.33. The Hall–Kier alpha value is -2.48. The van der Waals surface area contributed by atoms with E-state index in [-0.39, 0.29) is 0 Å². The molecule has 0 unspecified atom stereocenters. The van der Waals surface area contributed by atoms with Crippen LogP contribution in [0.1, 0.15) is 24.2 Å². The molecule has 2 aliphatic rings. The number of rotatable bonds is 5.